The van der Waals surface area contributed by atoms with Crippen LogP contribution >= 0.6 is 11.6 Å². The summed E-state index contributed by atoms with van der Waals surface area (Å²) in [6.07, 6.45) is 0. The fraction of sp³-hybridized carbons (Fsp3) is 0.533. The van der Waals surface area contributed by atoms with E-state index in [1.807, 2.05) is 17.0 Å². The largest absolute Gasteiger partial charge is 0.322 e. The first kappa shape index (κ1) is 13.7. The van der Waals surface area contributed by atoms with E-state index in [4.69, 9.17) is 11.6 Å². The van der Waals surface area contributed by atoms with Crippen molar-refractivity contribution in [3.05, 3.63) is 29.3 Å². The second kappa shape index (κ2) is 4.93. The predicted molar refractivity (Wildman–Crippen MR) is 81.1 cm³/mol. The molecule has 0 radical (unpaired) electrons. The molecule has 0 bridgehead atoms. The molecule has 2 saturated heterocycles. The summed E-state index contributed by atoms with van der Waals surface area (Å²) in [5, 5.41) is 7.06. The minimum atomic E-state index is -0.106. The van der Waals surface area contributed by atoms with Gasteiger partial charge in [0.2, 0.25) is 0 Å². The molecule has 3 rings (SSSR count). The van der Waals surface area contributed by atoms with Crippen LogP contribution in [0.3, 0.4) is 0 Å². The molecule has 5 heteroatoms. The molecule has 0 aliphatic carbocycles. The topological polar surface area (TPSA) is 44.4 Å². The Labute approximate surface area is 124 Å². The number of carbonyl (C=O) groups is 1. The molecule has 2 aliphatic heterocycles. The molecule has 2 heterocycles. The number of amides is 2. The molecular formula is C15H20ClN3O. The Morgan fingerprint density at radius 2 is 2.05 bits per heavy atom. The van der Waals surface area contributed by atoms with E-state index in [0.29, 0.717) is 16.9 Å². The second-order valence-electron chi connectivity index (χ2n) is 6.23. The van der Waals surface area contributed by atoms with E-state index in [0.717, 1.165) is 25.3 Å². The summed E-state index contributed by atoms with van der Waals surface area (Å²) in [6, 6.07) is 7.19. The van der Waals surface area contributed by atoms with E-state index in [1.54, 1.807) is 12.1 Å². The van der Waals surface area contributed by atoms with Gasteiger partial charge in [0, 0.05) is 35.9 Å². The molecule has 4 nitrogen and oxygen atoms in total. The monoisotopic (exact) mass is 293 g/mol. The SMILES string of the molecule is CC1(C)C2CNCC2CN1C(=O)Nc1ccc(Cl)cc1. The summed E-state index contributed by atoms with van der Waals surface area (Å²) in [5.74, 6) is 1.11. The average molecular weight is 294 g/mol. The van der Waals surface area contributed by atoms with Crippen LogP contribution in [0.4, 0.5) is 10.5 Å². The molecule has 2 atom stereocenters. The average Bonchev–Trinajstić information content (AvgIpc) is 2.95. The molecule has 0 aromatic heterocycles. The fourth-order valence-electron chi connectivity index (χ4n) is 3.49. The lowest BCUT2D eigenvalue weighted by atomic mass is 9.85. The van der Waals surface area contributed by atoms with Crippen LogP contribution in [-0.2, 0) is 0 Å². The Morgan fingerprint density at radius 3 is 2.70 bits per heavy atom. The molecule has 0 spiro atoms. The standard InChI is InChI=1S/C15H20ClN3O/c1-15(2)13-8-17-7-10(13)9-19(15)14(20)18-12-5-3-11(16)4-6-12/h3-6,10,13,17H,7-9H2,1-2H3,(H,18,20). The highest BCUT2D eigenvalue weighted by atomic mass is 35.5. The van der Waals surface area contributed by atoms with Gasteiger partial charge in [-0.1, -0.05) is 11.6 Å². The van der Waals surface area contributed by atoms with Crippen LogP contribution in [0.25, 0.3) is 0 Å². The lowest BCUT2D eigenvalue weighted by Crippen LogP contribution is -2.49. The molecule has 108 valence electrons. The number of nitrogens with one attached hydrogen (secondary N) is 2. The lowest BCUT2D eigenvalue weighted by Gasteiger charge is -2.35. The first-order chi connectivity index (χ1) is 9.48. The summed E-state index contributed by atoms with van der Waals surface area (Å²) in [5.41, 5.74) is 0.676. The quantitative estimate of drug-likeness (QED) is 0.836. The number of urea groups is 1. The zero-order valence-corrected chi connectivity index (χ0v) is 12.6. The number of hydrogen-bond acceptors (Lipinski definition) is 2. The minimum Gasteiger partial charge on any atom is -0.319 e. The van der Waals surface area contributed by atoms with E-state index < -0.39 is 0 Å². The number of carbonyl (C=O) groups excluding carboxylic acids is 1. The predicted octanol–water partition coefficient (Wildman–Crippen LogP) is 2.80. The van der Waals surface area contributed by atoms with Gasteiger partial charge in [-0.15, -0.1) is 0 Å². The van der Waals surface area contributed by atoms with Gasteiger partial charge in [-0.3, -0.25) is 0 Å². The van der Waals surface area contributed by atoms with Crippen molar-refractivity contribution in [2.45, 2.75) is 19.4 Å². The van der Waals surface area contributed by atoms with Gasteiger partial charge in [0.1, 0.15) is 0 Å². The lowest BCUT2D eigenvalue weighted by molar-refractivity contribution is 0.157. The van der Waals surface area contributed by atoms with Crippen LogP contribution in [-0.4, -0.2) is 36.1 Å². The summed E-state index contributed by atoms with van der Waals surface area (Å²) >= 11 is 5.86. The Hall–Kier alpha value is -1.26. The Kier molecular flexibility index (Phi) is 3.38. The number of halogens is 1. The second-order valence-corrected chi connectivity index (χ2v) is 6.66. The number of likely N-dealkylation sites (tertiary alicyclic amines) is 1. The van der Waals surface area contributed by atoms with Gasteiger partial charge in [-0.05, 0) is 49.9 Å². The summed E-state index contributed by atoms with van der Waals surface area (Å²) < 4.78 is 0. The van der Waals surface area contributed by atoms with E-state index >= 15 is 0 Å². The zero-order valence-electron chi connectivity index (χ0n) is 11.8. The van der Waals surface area contributed by atoms with Gasteiger partial charge in [0.05, 0.1) is 0 Å². The zero-order chi connectivity index (χ0) is 14.3. The van der Waals surface area contributed by atoms with Crippen molar-refractivity contribution >= 4 is 23.3 Å². The van der Waals surface area contributed by atoms with Crippen LogP contribution in [0, 0.1) is 11.8 Å². The van der Waals surface area contributed by atoms with Crippen LogP contribution in [0.1, 0.15) is 13.8 Å². The maximum Gasteiger partial charge on any atom is 0.322 e. The summed E-state index contributed by atoms with van der Waals surface area (Å²) in [7, 11) is 0. The number of anilines is 1. The highest BCUT2D eigenvalue weighted by Crippen LogP contribution is 2.40. The minimum absolute atomic E-state index is 0.0216. The van der Waals surface area contributed by atoms with E-state index in [1.165, 1.54) is 0 Å². The smallest absolute Gasteiger partial charge is 0.319 e. The highest BCUT2D eigenvalue weighted by Gasteiger charge is 2.51. The Balaban J connectivity index is 1.73. The molecule has 2 N–H and O–H groups in total. The molecule has 1 aromatic rings. The molecule has 2 fully saturated rings. The van der Waals surface area contributed by atoms with Gasteiger partial charge < -0.3 is 15.5 Å². The van der Waals surface area contributed by atoms with Crippen molar-refractivity contribution in [2.75, 3.05) is 25.0 Å². The number of rotatable bonds is 1. The molecule has 1 aromatic carbocycles. The van der Waals surface area contributed by atoms with Crippen molar-refractivity contribution in [3.63, 3.8) is 0 Å². The van der Waals surface area contributed by atoms with Crippen molar-refractivity contribution in [2.24, 2.45) is 11.8 Å². The third-order valence-electron chi connectivity index (χ3n) is 4.70. The van der Waals surface area contributed by atoms with E-state index in [9.17, 15) is 4.79 Å². The van der Waals surface area contributed by atoms with Crippen LogP contribution in [0.5, 0.6) is 0 Å². The maximum atomic E-state index is 12.5. The number of hydrogen-bond donors (Lipinski definition) is 2. The molecule has 0 saturated carbocycles. The van der Waals surface area contributed by atoms with Crippen molar-refractivity contribution < 1.29 is 4.79 Å². The molecular weight excluding hydrogens is 274 g/mol. The van der Waals surface area contributed by atoms with Gasteiger partial charge in [0.15, 0.2) is 0 Å². The first-order valence-electron chi connectivity index (χ1n) is 7.03. The normalized spacial score (nSPS) is 27.4. The fourth-order valence-corrected chi connectivity index (χ4v) is 3.62. The third kappa shape index (κ3) is 2.27. The first-order valence-corrected chi connectivity index (χ1v) is 7.41. The van der Waals surface area contributed by atoms with Gasteiger partial charge in [-0.25, -0.2) is 4.79 Å². The van der Waals surface area contributed by atoms with Crippen molar-refractivity contribution in [1.29, 1.82) is 0 Å². The number of benzene rings is 1. The number of nitrogens with zero attached hydrogens (tertiary/aromatic N) is 1. The molecule has 2 unspecified atom stereocenters. The molecule has 20 heavy (non-hydrogen) atoms. The molecule has 2 aliphatic rings. The highest BCUT2D eigenvalue weighted by molar-refractivity contribution is 6.30. The maximum absolute atomic E-state index is 12.5. The summed E-state index contributed by atoms with van der Waals surface area (Å²) in [6.45, 7) is 7.16. The van der Waals surface area contributed by atoms with Crippen molar-refractivity contribution in [3.8, 4) is 0 Å². The van der Waals surface area contributed by atoms with Crippen molar-refractivity contribution in [1.82, 2.24) is 10.2 Å². The molecule has 2 amide bonds. The van der Waals surface area contributed by atoms with E-state index in [-0.39, 0.29) is 11.6 Å². The van der Waals surface area contributed by atoms with E-state index in [2.05, 4.69) is 24.5 Å². The third-order valence-corrected chi connectivity index (χ3v) is 4.95. The van der Waals surface area contributed by atoms with Gasteiger partial charge >= 0.3 is 6.03 Å². The van der Waals surface area contributed by atoms with Crippen LogP contribution in [0.2, 0.25) is 5.02 Å². The van der Waals surface area contributed by atoms with Gasteiger partial charge in [-0.2, -0.15) is 0 Å². The summed E-state index contributed by atoms with van der Waals surface area (Å²) in [4.78, 5) is 14.5. The Morgan fingerprint density at radius 1 is 1.35 bits per heavy atom. The number of fused-ring (bicyclic) bond motifs is 1. The Bertz CT molecular complexity index is 514. The van der Waals surface area contributed by atoms with Crippen LogP contribution < -0.4 is 10.6 Å². The van der Waals surface area contributed by atoms with Gasteiger partial charge in [0.25, 0.3) is 0 Å². The van der Waals surface area contributed by atoms with Crippen LogP contribution in [0.15, 0.2) is 24.3 Å².